The predicted octanol–water partition coefficient (Wildman–Crippen LogP) is 0.363. The molecule has 6 nitrogen and oxygen atoms in total. The molecule has 1 amide bonds. The smallest absolute Gasteiger partial charge is 0.235 e. The SMILES string of the molecule is Cl.O=C(CN1CCCS1(=O)=O)NCc1ccc2c(c1)CNC2. The van der Waals surface area contributed by atoms with Gasteiger partial charge in [0.2, 0.25) is 15.9 Å². The maximum absolute atomic E-state index is 11.9. The zero-order valence-electron chi connectivity index (χ0n) is 12.2. The van der Waals surface area contributed by atoms with Crippen molar-refractivity contribution in [2.45, 2.75) is 26.1 Å². The summed E-state index contributed by atoms with van der Waals surface area (Å²) in [6.07, 6.45) is 0.605. The normalized spacial score (nSPS) is 19.5. The third kappa shape index (κ3) is 3.78. The topological polar surface area (TPSA) is 78.5 Å². The minimum absolute atomic E-state index is 0. The van der Waals surface area contributed by atoms with Gasteiger partial charge < -0.3 is 10.6 Å². The van der Waals surface area contributed by atoms with Crippen LogP contribution in [0.5, 0.6) is 0 Å². The first kappa shape index (κ1) is 17.2. The van der Waals surface area contributed by atoms with Crippen LogP contribution < -0.4 is 10.6 Å². The molecule has 0 radical (unpaired) electrons. The summed E-state index contributed by atoms with van der Waals surface area (Å²) in [5, 5.41) is 6.07. The van der Waals surface area contributed by atoms with Crippen LogP contribution in [-0.2, 0) is 34.5 Å². The number of fused-ring (bicyclic) bond motifs is 1. The third-order valence-corrected chi connectivity index (χ3v) is 5.82. The lowest BCUT2D eigenvalue weighted by Gasteiger charge is -2.14. The van der Waals surface area contributed by atoms with Crippen LogP contribution in [0.25, 0.3) is 0 Å². The highest BCUT2D eigenvalue weighted by Gasteiger charge is 2.29. The van der Waals surface area contributed by atoms with E-state index in [0.717, 1.165) is 18.7 Å². The summed E-state index contributed by atoms with van der Waals surface area (Å²) in [6.45, 7) is 2.56. The lowest BCUT2D eigenvalue weighted by Crippen LogP contribution is -2.37. The molecule has 1 aromatic rings. The largest absolute Gasteiger partial charge is 0.351 e. The lowest BCUT2D eigenvalue weighted by molar-refractivity contribution is -0.121. The van der Waals surface area contributed by atoms with E-state index in [9.17, 15) is 13.2 Å². The zero-order chi connectivity index (χ0) is 14.9. The van der Waals surface area contributed by atoms with Gasteiger partial charge in [0, 0.05) is 26.2 Å². The fraction of sp³-hybridized carbons (Fsp3) is 0.500. The van der Waals surface area contributed by atoms with Crippen molar-refractivity contribution in [3.05, 3.63) is 34.9 Å². The molecule has 2 aliphatic rings. The van der Waals surface area contributed by atoms with E-state index in [-0.39, 0.29) is 30.6 Å². The summed E-state index contributed by atoms with van der Waals surface area (Å²) in [5.41, 5.74) is 3.60. The second kappa shape index (κ2) is 6.95. The molecule has 8 heteroatoms. The molecular formula is C14H20ClN3O3S. The summed E-state index contributed by atoms with van der Waals surface area (Å²) in [5.74, 6) is -0.0999. The molecule has 0 aliphatic carbocycles. The Morgan fingerprint density at radius 3 is 2.77 bits per heavy atom. The number of sulfonamides is 1. The van der Waals surface area contributed by atoms with E-state index in [1.165, 1.54) is 15.4 Å². The average molecular weight is 346 g/mol. The highest BCUT2D eigenvalue weighted by atomic mass is 35.5. The number of amides is 1. The first-order valence-corrected chi connectivity index (χ1v) is 8.71. The molecule has 22 heavy (non-hydrogen) atoms. The lowest BCUT2D eigenvalue weighted by atomic mass is 10.1. The Bertz CT molecular complexity index is 663. The fourth-order valence-electron chi connectivity index (χ4n) is 2.74. The van der Waals surface area contributed by atoms with Crippen LogP contribution >= 0.6 is 12.4 Å². The first-order valence-electron chi connectivity index (χ1n) is 7.10. The summed E-state index contributed by atoms with van der Waals surface area (Å²) in [6, 6.07) is 6.16. The summed E-state index contributed by atoms with van der Waals surface area (Å²) < 4.78 is 24.5. The number of benzene rings is 1. The van der Waals surface area contributed by atoms with Gasteiger partial charge in [-0.1, -0.05) is 18.2 Å². The molecule has 2 aliphatic heterocycles. The number of carbonyl (C=O) groups excluding carboxylic acids is 1. The minimum atomic E-state index is -3.21. The van der Waals surface area contributed by atoms with Crippen LogP contribution in [0.4, 0.5) is 0 Å². The van der Waals surface area contributed by atoms with E-state index < -0.39 is 10.0 Å². The molecule has 122 valence electrons. The van der Waals surface area contributed by atoms with Crippen LogP contribution in [0.15, 0.2) is 18.2 Å². The van der Waals surface area contributed by atoms with Gasteiger partial charge in [-0.15, -0.1) is 12.4 Å². The molecule has 0 saturated carbocycles. The van der Waals surface area contributed by atoms with Crippen LogP contribution in [0.3, 0.4) is 0 Å². The Hall–Kier alpha value is -1.15. The highest BCUT2D eigenvalue weighted by molar-refractivity contribution is 7.89. The van der Waals surface area contributed by atoms with Gasteiger partial charge in [-0.25, -0.2) is 8.42 Å². The average Bonchev–Trinajstić information content (AvgIpc) is 3.03. The van der Waals surface area contributed by atoms with Crippen LogP contribution in [-0.4, -0.2) is 37.5 Å². The molecule has 2 heterocycles. The number of nitrogens with zero attached hydrogens (tertiary/aromatic N) is 1. The van der Waals surface area contributed by atoms with Gasteiger partial charge in [0.25, 0.3) is 0 Å². The monoisotopic (exact) mass is 345 g/mol. The molecule has 0 unspecified atom stereocenters. The summed E-state index contributed by atoms with van der Waals surface area (Å²) >= 11 is 0. The van der Waals surface area contributed by atoms with Crippen molar-refractivity contribution in [1.82, 2.24) is 14.9 Å². The van der Waals surface area contributed by atoms with Gasteiger partial charge in [0.05, 0.1) is 12.3 Å². The Morgan fingerprint density at radius 2 is 2.05 bits per heavy atom. The maximum Gasteiger partial charge on any atom is 0.235 e. The second-order valence-corrected chi connectivity index (χ2v) is 7.57. The Balaban J connectivity index is 0.00000176. The van der Waals surface area contributed by atoms with Gasteiger partial charge in [0.1, 0.15) is 0 Å². The number of halogens is 1. The summed E-state index contributed by atoms with van der Waals surface area (Å²) in [4.78, 5) is 11.9. The Morgan fingerprint density at radius 1 is 1.27 bits per heavy atom. The molecule has 0 aromatic heterocycles. The predicted molar refractivity (Wildman–Crippen MR) is 86.1 cm³/mol. The third-order valence-electron chi connectivity index (χ3n) is 3.91. The molecule has 3 rings (SSSR count). The van der Waals surface area contributed by atoms with Crippen molar-refractivity contribution in [3.63, 3.8) is 0 Å². The van der Waals surface area contributed by atoms with Gasteiger partial charge in [0.15, 0.2) is 0 Å². The highest BCUT2D eigenvalue weighted by Crippen LogP contribution is 2.17. The number of rotatable bonds is 4. The standard InChI is InChI=1S/C14H19N3O3S.ClH/c18-14(10-17-4-1-5-21(17,19)20)16-7-11-2-3-12-8-15-9-13(12)6-11;/h2-3,6,15H,1,4-5,7-10H2,(H,16,18);1H. The molecule has 1 saturated heterocycles. The maximum atomic E-state index is 11.9. The molecule has 0 spiro atoms. The number of hydrogen-bond acceptors (Lipinski definition) is 4. The Kier molecular flexibility index (Phi) is 5.44. The van der Waals surface area contributed by atoms with Gasteiger partial charge in [-0.3, -0.25) is 4.79 Å². The van der Waals surface area contributed by atoms with Crippen LogP contribution in [0, 0.1) is 0 Å². The number of nitrogens with one attached hydrogen (secondary N) is 2. The molecule has 0 atom stereocenters. The number of hydrogen-bond donors (Lipinski definition) is 2. The molecule has 2 N–H and O–H groups in total. The molecule has 1 aromatic carbocycles. The summed E-state index contributed by atoms with van der Waals surface area (Å²) in [7, 11) is -3.21. The van der Waals surface area contributed by atoms with E-state index in [1.54, 1.807) is 0 Å². The van der Waals surface area contributed by atoms with E-state index in [4.69, 9.17) is 0 Å². The quantitative estimate of drug-likeness (QED) is 0.826. The molecular weight excluding hydrogens is 326 g/mol. The van der Waals surface area contributed by atoms with Crippen molar-refractivity contribution < 1.29 is 13.2 Å². The van der Waals surface area contributed by atoms with Gasteiger partial charge >= 0.3 is 0 Å². The van der Waals surface area contributed by atoms with Gasteiger partial charge in [-0.2, -0.15) is 4.31 Å². The fourth-order valence-corrected chi connectivity index (χ4v) is 4.22. The zero-order valence-corrected chi connectivity index (χ0v) is 13.8. The molecule has 0 bridgehead atoms. The van der Waals surface area contributed by atoms with Crippen molar-refractivity contribution in [3.8, 4) is 0 Å². The van der Waals surface area contributed by atoms with Crippen LogP contribution in [0.1, 0.15) is 23.1 Å². The van der Waals surface area contributed by atoms with Crippen molar-refractivity contribution >= 4 is 28.3 Å². The molecule has 1 fully saturated rings. The second-order valence-electron chi connectivity index (χ2n) is 5.49. The van der Waals surface area contributed by atoms with Crippen LogP contribution in [0.2, 0.25) is 0 Å². The van der Waals surface area contributed by atoms with Crippen molar-refractivity contribution in [2.24, 2.45) is 0 Å². The Labute approximate surface area is 136 Å². The minimum Gasteiger partial charge on any atom is -0.351 e. The van der Waals surface area contributed by atoms with Gasteiger partial charge in [-0.05, 0) is 23.1 Å². The van der Waals surface area contributed by atoms with Crippen molar-refractivity contribution in [2.75, 3.05) is 18.8 Å². The van der Waals surface area contributed by atoms with E-state index in [2.05, 4.69) is 22.8 Å². The van der Waals surface area contributed by atoms with E-state index in [1.807, 2.05) is 6.07 Å². The van der Waals surface area contributed by atoms with Crippen molar-refractivity contribution in [1.29, 1.82) is 0 Å². The van der Waals surface area contributed by atoms with E-state index >= 15 is 0 Å². The first-order chi connectivity index (χ1) is 10.0. The number of carbonyl (C=O) groups is 1. The van der Waals surface area contributed by atoms with E-state index in [0.29, 0.717) is 19.5 Å².